The van der Waals surface area contributed by atoms with Gasteiger partial charge in [0.1, 0.15) is 0 Å². The Hall–Kier alpha value is -2.15. The van der Waals surface area contributed by atoms with E-state index in [-0.39, 0.29) is 0 Å². The fourth-order valence-electron chi connectivity index (χ4n) is 2.41. The van der Waals surface area contributed by atoms with E-state index in [1.807, 2.05) is 18.2 Å². The Morgan fingerprint density at radius 3 is 2.19 bits per heavy atom. The van der Waals surface area contributed by atoms with Crippen molar-refractivity contribution in [3.05, 3.63) is 77.4 Å². The first-order valence-corrected chi connectivity index (χ1v) is 7.53. The molecule has 0 saturated carbocycles. The summed E-state index contributed by atoms with van der Waals surface area (Å²) in [4.78, 5) is 0. The second kappa shape index (κ2) is 7.58. The monoisotopic (exact) mass is 277 g/mol. The van der Waals surface area contributed by atoms with Gasteiger partial charge in [-0.3, -0.25) is 0 Å². The average Bonchev–Trinajstić information content (AvgIpc) is 2.50. The van der Waals surface area contributed by atoms with Crippen molar-refractivity contribution in [3.8, 4) is 0 Å². The SMILES string of the molecule is CC(C)Cc1ccc(/C(C=N)=C/Cc2ccccc2)cc1. The van der Waals surface area contributed by atoms with E-state index in [2.05, 4.69) is 56.3 Å². The van der Waals surface area contributed by atoms with Crippen LogP contribution in [0.4, 0.5) is 0 Å². The number of nitrogens with one attached hydrogen (secondary N) is 1. The molecule has 0 spiro atoms. The zero-order chi connectivity index (χ0) is 15.1. The maximum Gasteiger partial charge on any atom is 0.0253 e. The fourth-order valence-corrected chi connectivity index (χ4v) is 2.41. The van der Waals surface area contributed by atoms with Crippen LogP contribution in [0.1, 0.15) is 30.5 Å². The molecule has 2 rings (SSSR count). The van der Waals surface area contributed by atoms with Gasteiger partial charge in [-0.05, 0) is 41.0 Å². The minimum absolute atomic E-state index is 0.673. The van der Waals surface area contributed by atoms with E-state index in [4.69, 9.17) is 5.41 Å². The molecule has 0 atom stereocenters. The molecule has 0 aliphatic rings. The van der Waals surface area contributed by atoms with Crippen LogP contribution in [0, 0.1) is 11.3 Å². The highest BCUT2D eigenvalue weighted by Gasteiger charge is 2.01. The minimum Gasteiger partial charge on any atom is -0.308 e. The molecular weight excluding hydrogens is 254 g/mol. The van der Waals surface area contributed by atoms with Gasteiger partial charge in [0.05, 0.1) is 0 Å². The van der Waals surface area contributed by atoms with Crippen LogP contribution < -0.4 is 0 Å². The quantitative estimate of drug-likeness (QED) is 0.705. The first-order valence-electron chi connectivity index (χ1n) is 7.53. The molecule has 0 aliphatic heterocycles. The van der Waals surface area contributed by atoms with Crippen LogP contribution in [0.2, 0.25) is 0 Å². The summed E-state index contributed by atoms with van der Waals surface area (Å²) < 4.78 is 0. The number of benzene rings is 2. The molecule has 0 bridgehead atoms. The molecule has 0 aromatic heterocycles. The van der Waals surface area contributed by atoms with Gasteiger partial charge < -0.3 is 5.41 Å². The molecule has 0 amide bonds. The fraction of sp³-hybridized carbons (Fsp3) is 0.250. The zero-order valence-corrected chi connectivity index (χ0v) is 12.8. The largest absolute Gasteiger partial charge is 0.308 e. The Balaban J connectivity index is 2.11. The van der Waals surface area contributed by atoms with Gasteiger partial charge in [0.15, 0.2) is 0 Å². The molecule has 0 aliphatic carbocycles. The third-order valence-electron chi connectivity index (χ3n) is 3.49. The molecule has 0 saturated heterocycles. The molecule has 0 radical (unpaired) electrons. The van der Waals surface area contributed by atoms with Gasteiger partial charge >= 0.3 is 0 Å². The van der Waals surface area contributed by atoms with E-state index in [9.17, 15) is 0 Å². The lowest BCUT2D eigenvalue weighted by Crippen LogP contribution is -1.94. The van der Waals surface area contributed by atoms with Crippen molar-refractivity contribution >= 4 is 11.8 Å². The summed E-state index contributed by atoms with van der Waals surface area (Å²) >= 11 is 0. The van der Waals surface area contributed by atoms with E-state index in [1.54, 1.807) is 0 Å². The van der Waals surface area contributed by atoms with Gasteiger partial charge in [0.25, 0.3) is 0 Å². The van der Waals surface area contributed by atoms with E-state index in [0.29, 0.717) is 5.92 Å². The molecule has 1 heteroatoms. The van der Waals surface area contributed by atoms with Crippen molar-refractivity contribution in [3.63, 3.8) is 0 Å². The van der Waals surface area contributed by atoms with E-state index < -0.39 is 0 Å². The topological polar surface area (TPSA) is 23.9 Å². The number of allylic oxidation sites excluding steroid dienone is 2. The summed E-state index contributed by atoms with van der Waals surface area (Å²) in [5.74, 6) is 0.673. The van der Waals surface area contributed by atoms with Crippen molar-refractivity contribution in [1.29, 1.82) is 5.41 Å². The van der Waals surface area contributed by atoms with E-state index >= 15 is 0 Å². The first-order chi connectivity index (χ1) is 10.2. The predicted molar refractivity (Wildman–Crippen MR) is 91.9 cm³/mol. The molecule has 0 unspecified atom stereocenters. The Bertz CT molecular complexity index is 591. The predicted octanol–water partition coefficient (Wildman–Crippen LogP) is 5.16. The lowest BCUT2D eigenvalue weighted by Gasteiger charge is -2.07. The van der Waals surface area contributed by atoms with Crippen molar-refractivity contribution in [2.24, 2.45) is 5.92 Å². The summed E-state index contributed by atoms with van der Waals surface area (Å²) in [6.07, 6.45) is 5.54. The Morgan fingerprint density at radius 1 is 0.952 bits per heavy atom. The summed E-state index contributed by atoms with van der Waals surface area (Å²) in [6.45, 7) is 4.47. The molecule has 0 fully saturated rings. The number of rotatable bonds is 6. The number of hydrogen-bond acceptors (Lipinski definition) is 1. The smallest absolute Gasteiger partial charge is 0.0253 e. The van der Waals surface area contributed by atoms with Gasteiger partial charge in [-0.2, -0.15) is 0 Å². The molecule has 1 nitrogen and oxygen atoms in total. The van der Waals surface area contributed by atoms with Crippen LogP contribution in [0.5, 0.6) is 0 Å². The molecule has 2 aromatic rings. The zero-order valence-electron chi connectivity index (χ0n) is 12.8. The standard InChI is InChI=1S/C20H23N/c1-16(2)14-18-9-11-19(12-10-18)20(15-21)13-8-17-6-4-3-5-7-17/h3-7,9-13,15-16,21H,8,14H2,1-2H3/b20-13+,21-15?. The second-order valence-electron chi connectivity index (χ2n) is 5.79. The third-order valence-corrected chi connectivity index (χ3v) is 3.49. The van der Waals surface area contributed by atoms with Crippen LogP contribution >= 0.6 is 0 Å². The summed E-state index contributed by atoms with van der Waals surface area (Å²) in [5, 5.41) is 7.64. The molecule has 0 heterocycles. The van der Waals surface area contributed by atoms with Crippen LogP contribution in [-0.2, 0) is 12.8 Å². The van der Waals surface area contributed by atoms with Gasteiger partial charge in [0.2, 0.25) is 0 Å². The van der Waals surface area contributed by atoms with Gasteiger partial charge in [-0.25, -0.2) is 0 Å². The van der Waals surface area contributed by atoms with Crippen molar-refractivity contribution < 1.29 is 0 Å². The lowest BCUT2D eigenvalue weighted by molar-refractivity contribution is 0.647. The molecule has 108 valence electrons. The molecule has 21 heavy (non-hydrogen) atoms. The number of hydrogen-bond donors (Lipinski definition) is 1. The summed E-state index contributed by atoms with van der Waals surface area (Å²) in [7, 11) is 0. The second-order valence-corrected chi connectivity index (χ2v) is 5.79. The lowest BCUT2D eigenvalue weighted by atomic mass is 9.98. The van der Waals surface area contributed by atoms with Crippen LogP contribution in [0.15, 0.2) is 60.7 Å². The third kappa shape index (κ3) is 4.71. The highest BCUT2D eigenvalue weighted by molar-refractivity contribution is 6.08. The van der Waals surface area contributed by atoms with Crippen LogP contribution in [-0.4, -0.2) is 6.21 Å². The van der Waals surface area contributed by atoms with Crippen LogP contribution in [0.25, 0.3) is 5.57 Å². The minimum atomic E-state index is 0.673. The Morgan fingerprint density at radius 2 is 1.62 bits per heavy atom. The van der Waals surface area contributed by atoms with Gasteiger partial charge in [-0.15, -0.1) is 0 Å². The van der Waals surface area contributed by atoms with Crippen LogP contribution in [0.3, 0.4) is 0 Å². The maximum atomic E-state index is 7.64. The molecule has 1 N–H and O–H groups in total. The van der Waals surface area contributed by atoms with Gasteiger partial charge in [0, 0.05) is 6.21 Å². The highest BCUT2D eigenvalue weighted by Crippen LogP contribution is 2.16. The van der Waals surface area contributed by atoms with Crippen molar-refractivity contribution in [2.45, 2.75) is 26.7 Å². The van der Waals surface area contributed by atoms with Crippen molar-refractivity contribution in [1.82, 2.24) is 0 Å². The molecule has 2 aromatic carbocycles. The van der Waals surface area contributed by atoms with Crippen molar-refractivity contribution in [2.75, 3.05) is 0 Å². The highest BCUT2D eigenvalue weighted by atomic mass is 14.3. The van der Waals surface area contributed by atoms with E-state index in [0.717, 1.165) is 24.0 Å². The maximum absolute atomic E-state index is 7.64. The normalized spacial score (nSPS) is 11.7. The summed E-state index contributed by atoms with van der Waals surface area (Å²) in [5.41, 5.74) is 4.73. The molecular formula is C20H23N. The van der Waals surface area contributed by atoms with Gasteiger partial charge in [-0.1, -0.05) is 74.5 Å². The van der Waals surface area contributed by atoms with E-state index in [1.165, 1.54) is 17.3 Å². The Kier molecular flexibility index (Phi) is 5.51. The first kappa shape index (κ1) is 15.2. The average molecular weight is 277 g/mol. The summed E-state index contributed by atoms with van der Waals surface area (Å²) in [6, 6.07) is 19.0. The Labute approximate surface area is 127 Å².